The summed E-state index contributed by atoms with van der Waals surface area (Å²) < 4.78 is 31.4. The van der Waals surface area contributed by atoms with Gasteiger partial charge in [0.05, 0.1) is 4.90 Å². The van der Waals surface area contributed by atoms with E-state index in [4.69, 9.17) is 16.3 Å². The van der Waals surface area contributed by atoms with Gasteiger partial charge in [0.25, 0.3) is 0 Å². The summed E-state index contributed by atoms with van der Waals surface area (Å²) in [5.74, 6) is 0. The van der Waals surface area contributed by atoms with E-state index in [1.54, 1.807) is 17.5 Å². The minimum absolute atomic E-state index is 0.0981. The van der Waals surface area contributed by atoms with Gasteiger partial charge in [-0.2, -0.15) is 0 Å². The summed E-state index contributed by atoms with van der Waals surface area (Å²) in [4.78, 5) is 12.8. The topological polar surface area (TPSA) is 72.5 Å². The Labute approximate surface area is 172 Å². The lowest BCUT2D eigenvalue weighted by molar-refractivity contribution is 0.139. The lowest BCUT2D eigenvalue weighted by Gasteiger charge is -2.17. The molecule has 1 aromatic heterocycles. The Morgan fingerprint density at radius 3 is 2.39 bits per heavy atom. The van der Waals surface area contributed by atoms with E-state index in [0.717, 1.165) is 5.56 Å². The lowest BCUT2D eigenvalue weighted by atomic mass is 10.2. The maximum Gasteiger partial charge on any atom is 0.407 e. The molecule has 0 aliphatic rings. The molecule has 0 spiro atoms. The van der Waals surface area contributed by atoms with Crippen molar-refractivity contribution >= 4 is 38.9 Å². The fourth-order valence-electron chi connectivity index (χ4n) is 2.58. The summed E-state index contributed by atoms with van der Waals surface area (Å²) in [6, 6.07) is 18.7. The highest BCUT2D eigenvalue weighted by atomic mass is 35.5. The molecule has 0 fully saturated rings. The number of alkyl carbamates (subject to hydrolysis) is 1. The van der Waals surface area contributed by atoms with Crippen molar-refractivity contribution in [1.82, 2.24) is 5.32 Å². The third kappa shape index (κ3) is 5.13. The second-order valence-electron chi connectivity index (χ2n) is 5.95. The summed E-state index contributed by atoms with van der Waals surface area (Å²) in [6.45, 7) is 0.0133. The third-order valence-corrected chi connectivity index (χ3v) is 7.51. The molecule has 1 N–H and O–H groups in total. The second-order valence-corrected chi connectivity index (χ2v) is 9.49. The molecule has 2 aromatic carbocycles. The van der Waals surface area contributed by atoms with E-state index in [9.17, 15) is 13.2 Å². The highest BCUT2D eigenvalue weighted by molar-refractivity contribution is 7.91. The Kier molecular flexibility index (Phi) is 6.72. The molecule has 8 heteroatoms. The van der Waals surface area contributed by atoms with E-state index < -0.39 is 21.2 Å². The molecule has 0 bridgehead atoms. The first-order chi connectivity index (χ1) is 13.5. The van der Waals surface area contributed by atoms with Crippen LogP contribution < -0.4 is 5.32 Å². The molecule has 0 aliphatic heterocycles. The molecule has 146 valence electrons. The zero-order valence-corrected chi connectivity index (χ0v) is 17.1. The Bertz CT molecular complexity index is 1000. The van der Waals surface area contributed by atoms with Gasteiger partial charge in [-0.15, -0.1) is 11.3 Å². The summed E-state index contributed by atoms with van der Waals surface area (Å²) in [6.07, 6.45) is -0.670. The molecule has 28 heavy (non-hydrogen) atoms. The molecule has 0 saturated carbocycles. The van der Waals surface area contributed by atoms with Crippen molar-refractivity contribution in [3.8, 4) is 0 Å². The van der Waals surface area contributed by atoms with Gasteiger partial charge in [-0.3, -0.25) is 0 Å². The Morgan fingerprint density at radius 2 is 1.75 bits per heavy atom. The Morgan fingerprint density at radius 1 is 1.04 bits per heavy atom. The lowest BCUT2D eigenvalue weighted by Crippen LogP contribution is -2.32. The number of ether oxygens (including phenoxy) is 1. The van der Waals surface area contributed by atoms with Crippen molar-refractivity contribution in [3.05, 3.63) is 87.6 Å². The minimum atomic E-state index is -3.72. The molecule has 0 radical (unpaired) electrons. The zero-order chi connectivity index (χ0) is 20.0. The van der Waals surface area contributed by atoms with Crippen LogP contribution in [0.1, 0.15) is 15.7 Å². The predicted octanol–water partition coefficient (Wildman–Crippen LogP) is 4.84. The fourth-order valence-corrected chi connectivity index (χ4v) is 5.49. The number of carbonyl (C=O) groups excluding carboxylic acids is 1. The number of hydrogen-bond donors (Lipinski definition) is 1. The third-order valence-electron chi connectivity index (χ3n) is 4.02. The maximum absolute atomic E-state index is 13.1. The second kappa shape index (κ2) is 9.23. The van der Waals surface area contributed by atoms with Crippen molar-refractivity contribution in [2.75, 3.05) is 6.54 Å². The zero-order valence-electron chi connectivity index (χ0n) is 14.7. The molecule has 1 heterocycles. The predicted molar refractivity (Wildman–Crippen MR) is 110 cm³/mol. The number of benzene rings is 2. The fraction of sp³-hybridized carbons (Fsp3) is 0.150. The van der Waals surface area contributed by atoms with Crippen molar-refractivity contribution < 1.29 is 17.9 Å². The number of nitrogens with one attached hydrogen (secondary N) is 1. The molecule has 1 atom stereocenters. The van der Waals surface area contributed by atoms with Crippen LogP contribution in [0.25, 0.3) is 0 Å². The molecular weight excluding hydrogens is 418 g/mol. The van der Waals surface area contributed by atoms with Gasteiger partial charge in [0, 0.05) is 16.4 Å². The number of halogens is 1. The number of rotatable bonds is 7. The van der Waals surface area contributed by atoms with Crippen LogP contribution in [-0.4, -0.2) is 21.1 Å². The van der Waals surface area contributed by atoms with E-state index in [0.29, 0.717) is 9.90 Å². The average molecular weight is 436 g/mol. The first-order valence-electron chi connectivity index (χ1n) is 8.44. The normalized spacial score (nSPS) is 12.3. The van der Waals surface area contributed by atoms with Crippen LogP contribution in [0.3, 0.4) is 0 Å². The van der Waals surface area contributed by atoms with Crippen molar-refractivity contribution in [2.24, 2.45) is 0 Å². The van der Waals surface area contributed by atoms with Crippen LogP contribution in [0.5, 0.6) is 0 Å². The minimum Gasteiger partial charge on any atom is -0.445 e. The highest BCUT2D eigenvalue weighted by Gasteiger charge is 2.30. The molecule has 0 aliphatic carbocycles. The van der Waals surface area contributed by atoms with E-state index in [-0.39, 0.29) is 18.0 Å². The van der Waals surface area contributed by atoms with E-state index >= 15 is 0 Å². The molecule has 5 nitrogen and oxygen atoms in total. The Balaban J connectivity index is 1.71. The standard InChI is InChI=1S/C20H18ClNO4S2/c21-16-8-10-17(11-9-16)28(24,25)19(18-7-4-12-27-18)13-22-20(23)26-14-15-5-2-1-3-6-15/h1-12,19H,13-14H2,(H,22,23)/t19-/m1/s1. The Hall–Kier alpha value is -2.35. The van der Waals surface area contributed by atoms with E-state index in [1.165, 1.54) is 35.6 Å². The first-order valence-corrected chi connectivity index (χ1v) is 11.2. The van der Waals surface area contributed by atoms with Crippen molar-refractivity contribution in [2.45, 2.75) is 16.8 Å². The van der Waals surface area contributed by atoms with Crippen molar-refractivity contribution in [3.63, 3.8) is 0 Å². The highest BCUT2D eigenvalue weighted by Crippen LogP contribution is 2.31. The van der Waals surface area contributed by atoms with Crippen LogP contribution in [0.4, 0.5) is 4.79 Å². The monoisotopic (exact) mass is 435 g/mol. The summed E-state index contributed by atoms with van der Waals surface area (Å²) in [7, 11) is -3.72. The van der Waals surface area contributed by atoms with Gasteiger partial charge < -0.3 is 10.1 Å². The number of sulfone groups is 1. The summed E-state index contributed by atoms with van der Waals surface area (Å²) in [5, 5.41) is 3.90. The largest absolute Gasteiger partial charge is 0.445 e. The molecule has 3 rings (SSSR count). The molecule has 0 saturated heterocycles. The van der Waals surface area contributed by atoms with Crippen LogP contribution in [0, 0.1) is 0 Å². The van der Waals surface area contributed by atoms with Crippen LogP contribution >= 0.6 is 22.9 Å². The van der Waals surface area contributed by atoms with Gasteiger partial charge in [-0.05, 0) is 41.3 Å². The van der Waals surface area contributed by atoms with Crippen molar-refractivity contribution in [1.29, 1.82) is 0 Å². The number of amides is 1. The molecule has 0 unspecified atom stereocenters. The summed E-state index contributed by atoms with van der Waals surface area (Å²) in [5.41, 5.74) is 0.848. The molecule has 3 aromatic rings. The van der Waals surface area contributed by atoms with Crippen LogP contribution in [0.2, 0.25) is 5.02 Å². The average Bonchev–Trinajstić information content (AvgIpc) is 3.22. The maximum atomic E-state index is 13.1. The van der Waals surface area contributed by atoms with Gasteiger partial charge in [0.2, 0.25) is 0 Å². The van der Waals surface area contributed by atoms with Gasteiger partial charge in [-0.1, -0.05) is 48.0 Å². The smallest absolute Gasteiger partial charge is 0.407 e. The molecule has 1 amide bonds. The van der Waals surface area contributed by atoms with Crippen LogP contribution in [0.15, 0.2) is 77.0 Å². The number of hydrogen-bond acceptors (Lipinski definition) is 5. The van der Waals surface area contributed by atoms with Gasteiger partial charge in [0.1, 0.15) is 11.9 Å². The van der Waals surface area contributed by atoms with E-state index in [2.05, 4.69) is 5.32 Å². The van der Waals surface area contributed by atoms with Gasteiger partial charge in [0.15, 0.2) is 9.84 Å². The first kappa shape index (κ1) is 20.4. The number of thiophene rings is 1. The SMILES string of the molecule is O=C(NC[C@H](c1cccs1)S(=O)(=O)c1ccc(Cl)cc1)OCc1ccccc1. The van der Waals surface area contributed by atoms with Gasteiger partial charge in [-0.25, -0.2) is 13.2 Å². The quantitative estimate of drug-likeness (QED) is 0.576. The van der Waals surface area contributed by atoms with Gasteiger partial charge >= 0.3 is 6.09 Å². The summed E-state index contributed by atoms with van der Waals surface area (Å²) >= 11 is 7.18. The molecular formula is C20H18ClNO4S2. The van der Waals surface area contributed by atoms with Crippen LogP contribution in [-0.2, 0) is 21.2 Å². The van der Waals surface area contributed by atoms with E-state index in [1.807, 2.05) is 30.3 Å². The number of carbonyl (C=O) groups is 1.